The lowest BCUT2D eigenvalue weighted by Crippen LogP contribution is -1.96. The summed E-state index contributed by atoms with van der Waals surface area (Å²) in [5.41, 5.74) is 6.28. The number of nitrogens with zero attached hydrogens (tertiary/aromatic N) is 1. The zero-order valence-corrected chi connectivity index (χ0v) is 10.2. The molecule has 0 spiro atoms. The van der Waals surface area contributed by atoms with Crippen molar-refractivity contribution in [1.82, 2.24) is 0 Å². The van der Waals surface area contributed by atoms with E-state index in [-0.39, 0.29) is 11.4 Å². The van der Waals surface area contributed by atoms with Crippen molar-refractivity contribution in [2.45, 2.75) is 0 Å². The molecule has 2 rings (SSSR count). The number of benzene rings is 2. The highest BCUT2D eigenvalue weighted by Crippen LogP contribution is 2.32. The van der Waals surface area contributed by atoms with E-state index in [0.29, 0.717) is 17.1 Å². The second-order valence-electron chi connectivity index (χ2n) is 3.76. The van der Waals surface area contributed by atoms with Gasteiger partial charge in [0.2, 0.25) is 0 Å². The molecule has 0 radical (unpaired) electrons. The number of rotatable bonds is 3. The van der Waals surface area contributed by atoms with Crippen LogP contribution in [0.1, 0.15) is 5.56 Å². The molecule has 0 aliphatic rings. The van der Waals surface area contributed by atoms with Crippen LogP contribution in [0.4, 0.5) is 10.1 Å². The Kier molecular flexibility index (Phi) is 3.53. The zero-order chi connectivity index (χ0) is 13.8. The lowest BCUT2D eigenvalue weighted by atomic mass is 10.2. The average molecular weight is 258 g/mol. The maximum absolute atomic E-state index is 13.7. The van der Waals surface area contributed by atoms with Gasteiger partial charge in [-0.2, -0.15) is 5.26 Å². The van der Waals surface area contributed by atoms with E-state index in [0.717, 1.165) is 6.07 Å². The Morgan fingerprint density at radius 2 is 1.84 bits per heavy atom. The Morgan fingerprint density at radius 1 is 1.16 bits per heavy atom. The third-order valence-electron chi connectivity index (χ3n) is 2.50. The van der Waals surface area contributed by atoms with E-state index in [2.05, 4.69) is 0 Å². The van der Waals surface area contributed by atoms with Crippen LogP contribution in [0.25, 0.3) is 0 Å². The van der Waals surface area contributed by atoms with Crippen molar-refractivity contribution < 1.29 is 13.9 Å². The van der Waals surface area contributed by atoms with Crippen LogP contribution in [0.5, 0.6) is 17.2 Å². The zero-order valence-electron chi connectivity index (χ0n) is 10.2. The second kappa shape index (κ2) is 5.27. The van der Waals surface area contributed by atoms with Gasteiger partial charge in [0.25, 0.3) is 0 Å². The third-order valence-corrected chi connectivity index (χ3v) is 2.50. The summed E-state index contributed by atoms with van der Waals surface area (Å²) < 4.78 is 24.1. The van der Waals surface area contributed by atoms with Gasteiger partial charge in [-0.3, -0.25) is 0 Å². The predicted molar refractivity (Wildman–Crippen MR) is 68.6 cm³/mol. The van der Waals surface area contributed by atoms with Crippen molar-refractivity contribution in [3.8, 4) is 23.3 Å². The molecule has 5 heteroatoms. The fourth-order valence-electron chi connectivity index (χ4n) is 1.53. The quantitative estimate of drug-likeness (QED) is 0.859. The summed E-state index contributed by atoms with van der Waals surface area (Å²) in [6.45, 7) is 0. The van der Waals surface area contributed by atoms with Crippen molar-refractivity contribution in [2.75, 3.05) is 12.8 Å². The normalized spacial score (nSPS) is 9.74. The molecule has 0 aliphatic carbocycles. The molecular formula is C14H11FN2O2. The number of nitriles is 1. The van der Waals surface area contributed by atoms with E-state index in [9.17, 15) is 4.39 Å². The molecular weight excluding hydrogens is 247 g/mol. The van der Waals surface area contributed by atoms with E-state index >= 15 is 0 Å². The molecule has 0 heterocycles. The summed E-state index contributed by atoms with van der Waals surface area (Å²) in [6.07, 6.45) is 0. The first-order valence-electron chi connectivity index (χ1n) is 5.45. The van der Waals surface area contributed by atoms with Gasteiger partial charge in [0, 0.05) is 12.1 Å². The van der Waals surface area contributed by atoms with Crippen LogP contribution >= 0.6 is 0 Å². The monoisotopic (exact) mass is 258 g/mol. The molecule has 0 amide bonds. The van der Waals surface area contributed by atoms with Gasteiger partial charge in [0.1, 0.15) is 11.5 Å². The standard InChI is InChI=1S/C14H11FN2O2/c1-18-14-7-13(11(15)6-12(14)17)19-10-4-2-9(8-16)3-5-10/h2-7H,17H2,1H3. The summed E-state index contributed by atoms with van der Waals surface area (Å²) in [5.74, 6) is 0.188. The van der Waals surface area contributed by atoms with Gasteiger partial charge >= 0.3 is 0 Å². The number of anilines is 1. The lowest BCUT2D eigenvalue weighted by Gasteiger charge is -2.10. The van der Waals surface area contributed by atoms with Gasteiger partial charge in [-0.05, 0) is 24.3 Å². The minimum atomic E-state index is -0.581. The van der Waals surface area contributed by atoms with Crippen molar-refractivity contribution in [1.29, 1.82) is 5.26 Å². The van der Waals surface area contributed by atoms with Crippen molar-refractivity contribution in [2.24, 2.45) is 0 Å². The lowest BCUT2D eigenvalue weighted by molar-refractivity contribution is 0.403. The Labute approximate surface area is 109 Å². The Hall–Kier alpha value is -2.74. The minimum Gasteiger partial charge on any atom is -0.494 e. The van der Waals surface area contributed by atoms with Gasteiger partial charge in [0.15, 0.2) is 11.6 Å². The third kappa shape index (κ3) is 2.75. The molecule has 2 N–H and O–H groups in total. The highest BCUT2D eigenvalue weighted by atomic mass is 19.1. The molecule has 4 nitrogen and oxygen atoms in total. The summed E-state index contributed by atoms with van der Waals surface area (Å²) in [7, 11) is 1.44. The number of nitrogen functional groups attached to an aromatic ring is 1. The van der Waals surface area contributed by atoms with E-state index in [4.69, 9.17) is 20.5 Å². The number of hydrogen-bond acceptors (Lipinski definition) is 4. The summed E-state index contributed by atoms with van der Waals surface area (Å²) >= 11 is 0. The topological polar surface area (TPSA) is 68.3 Å². The summed E-state index contributed by atoms with van der Waals surface area (Å²) in [4.78, 5) is 0. The first-order valence-corrected chi connectivity index (χ1v) is 5.45. The van der Waals surface area contributed by atoms with E-state index < -0.39 is 5.82 Å². The van der Waals surface area contributed by atoms with E-state index in [1.54, 1.807) is 24.3 Å². The molecule has 0 aliphatic heterocycles. The smallest absolute Gasteiger partial charge is 0.168 e. The molecule has 0 saturated heterocycles. The van der Waals surface area contributed by atoms with Crippen LogP contribution in [0.3, 0.4) is 0 Å². The number of halogens is 1. The second-order valence-corrected chi connectivity index (χ2v) is 3.76. The molecule has 0 unspecified atom stereocenters. The minimum absolute atomic E-state index is 0.00996. The predicted octanol–water partition coefficient (Wildman–Crippen LogP) is 3.08. The van der Waals surface area contributed by atoms with E-state index in [1.165, 1.54) is 13.2 Å². The molecule has 2 aromatic rings. The van der Waals surface area contributed by atoms with Crippen molar-refractivity contribution in [3.63, 3.8) is 0 Å². The van der Waals surface area contributed by atoms with Gasteiger partial charge in [0.05, 0.1) is 24.4 Å². The van der Waals surface area contributed by atoms with E-state index in [1.807, 2.05) is 6.07 Å². The summed E-state index contributed by atoms with van der Waals surface area (Å²) in [5, 5.41) is 8.68. The molecule has 19 heavy (non-hydrogen) atoms. The Morgan fingerprint density at radius 3 is 2.42 bits per heavy atom. The molecule has 0 saturated carbocycles. The van der Waals surface area contributed by atoms with Gasteiger partial charge in [-0.15, -0.1) is 0 Å². The highest BCUT2D eigenvalue weighted by Gasteiger charge is 2.10. The number of ether oxygens (including phenoxy) is 2. The number of hydrogen-bond donors (Lipinski definition) is 1. The van der Waals surface area contributed by atoms with Gasteiger partial charge < -0.3 is 15.2 Å². The van der Waals surface area contributed by atoms with Crippen LogP contribution in [0.2, 0.25) is 0 Å². The Balaban J connectivity index is 2.29. The molecule has 2 aromatic carbocycles. The largest absolute Gasteiger partial charge is 0.494 e. The molecule has 96 valence electrons. The number of nitrogens with two attached hydrogens (primary N) is 1. The number of methoxy groups -OCH3 is 1. The van der Waals surface area contributed by atoms with Crippen LogP contribution < -0.4 is 15.2 Å². The first-order chi connectivity index (χ1) is 9.13. The molecule has 0 atom stereocenters. The first kappa shape index (κ1) is 12.7. The highest BCUT2D eigenvalue weighted by molar-refractivity contribution is 5.56. The van der Waals surface area contributed by atoms with Crippen LogP contribution in [0, 0.1) is 17.1 Å². The van der Waals surface area contributed by atoms with Crippen molar-refractivity contribution in [3.05, 3.63) is 47.8 Å². The Bertz CT molecular complexity index is 633. The maximum atomic E-state index is 13.7. The van der Waals surface area contributed by atoms with Crippen LogP contribution in [-0.2, 0) is 0 Å². The molecule has 0 aromatic heterocycles. The van der Waals surface area contributed by atoms with Crippen molar-refractivity contribution >= 4 is 5.69 Å². The maximum Gasteiger partial charge on any atom is 0.168 e. The van der Waals surface area contributed by atoms with Gasteiger partial charge in [-0.1, -0.05) is 0 Å². The molecule has 0 bridgehead atoms. The average Bonchev–Trinajstić information content (AvgIpc) is 2.42. The SMILES string of the molecule is COc1cc(Oc2ccc(C#N)cc2)c(F)cc1N. The molecule has 0 fully saturated rings. The van der Waals surface area contributed by atoms with Crippen LogP contribution in [0.15, 0.2) is 36.4 Å². The van der Waals surface area contributed by atoms with Gasteiger partial charge in [-0.25, -0.2) is 4.39 Å². The van der Waals surface area contributed by atoms with Crippen LogP contribution in [-0.4, -0.2) is 7.11 Å². The fourth-order valence-corrected chi connectivity index (χ4v) is 1.53. The summed E-state index contributed by atoms with van der Waals surface area (Å²) in [6, 6.07) is 10.8. The fraction of sp³-hybridized carbons (Fsp3) is 0.0714.